The number of benzene rings is 1. The van der Waals surface area contributed by atoms with E-state index in [1.165, 1.54) is 12.3 Å². The number of hydrogen-bond donors (Lipinski definition) is 2. The summed E-state index contributed by atoms with van der Waals surface area (Å²) < 4.78 is 25.6. The van der Waals surface area contributed by atoms with E-state index in [2.05, 4.69) is 20.4 Å². The number of rotatable bonds is 7. The molecule has 1 aromatic carbocycles. The number of fused-ring (bicyclic) bond motifs is 1. The van der Waals surface area contributed by atoms with Crippen LogP contribution in [0.15, 0.2) is 28.9 Å². The van der Waals surface area contributed by atoms with Crippen molar-refractivity contribution in [3.05, 3.63) is 40.8 Å². The van der Waals surface area contributed by atoms with Gasteiger partial charge in [-0.3, -0.25) is 4.79 Å². The van der Waals surface area contributed by atoms with Gasteiger partial charge in [0.05, 0.1) is 22.9 Å². The number of carbonyl (C=O) groups is 1. The van der Waals surface area contributed by atoms with Gasteiger partial charge in [-0.2, -0.15) is 4.98 Å². The number of pyridine rings is 1. The number of hydrogen-bond acceptors (Lipinski definition) is 7. The van der Waals surface area contributed by atoms with Crippen molar-refractivity contribution >= 4 is 23.3 Å². The van der Waals surface area contributed by atoms with Crippen LogP contribution in [0.5, 0.6) is 5.88 Å². The molecular weight excluding hydrogens is 427 g/mol. The van der Waals surface area contributed by atoms with Gasteiger partial charge in [-0.15, -0.1) is 0 Å². The second kappa shape index (κ2) is 8.50. The number of nitrogens with one attached hydrogen (secondary N) is 1. The Morgan fingerprint density at radius 1 is 1.45 bits per heavy atom. The maximum atomic E-state index is 14.7. The van der Waals surface area contributed by atoms with Gasteiger partial charge in [-0.05, 0) is 38.0 Å². The monoisotopic (exact) mass is 446 g/mol. The zero-order valence-corrected chi connectivity index (χ0v) is 17.6. The Morgan fingerprint density at radius 2 is 2.26 bits per heavy atom. The van der Waals surface area contributed by atoms with Gasteiger partial charge in [0.25, 0.3) is 5.89 Å². The lowest BCUT2D eigenvalue weighted by Gasteiger charge is -2.10. The summed E-state index contributed by atoms with van der Waals surface area (Å²) in [4.78, 5) is 19.4. The van der Waals surface area contributed by atoms with Crippen molar-refractivity contribution in [2.75, 3.05) is 11.9 Å². The largest absolute Gasteiger partial charge is 0.481 e. The fourth-order valence-corrected chi connectivity index (χ4v) is 3.74. The fraction of sp³-hybridized carbons (Fsp3) is 0.333. The van der Waals surface area contributed by atoms with E-state index < -0.39 is 11.8 Å². The predicted molar refractivity (Wildman–Crippen MR) is 112 cm³/mol. The number of halogens is 2. The van der Waals surface area contributed by atoms with Crippen molar-refractivity contribution in [2.24, 2.45) is 0 Å². The molecule has 1 aliphatic heterocycles. The summed E-state index contributed by atoms with van der Waals surface area (Å²) in [6, 6.07) is 4.59. The van der Waals surface area contributed by atoms with Gasteiger partial charge in [-0.25, -0.2) is 9.37 Å². The first-order valence-corrected chi connectivity index (χ1v) is 10.2. The number of carboxylic acid groups (broad SMARTS) is 1. The van der Waals surface area contributed by atoms with Crippen molar-refractivity contribution in [2.45, 2.75) is 38.7 Å². The predicted octanol–water partition coefficient (Wildman–Crippen LogP) is 4.75. The van der Waals surface area contributed by atoms with Crippen molar-refractivity contribution in [1.29, 1.82) is 0 Å². The molecule has 2 N–H and O–H groups in total. The van der Waals surface area contributed by atoms with Gasteiger partial charge < -0.3 is 19.7 Å². The van der Waals surface area contributed by atoms with Crippen molar-refractivity contribution < 1.29 is 23.6 Å². The average molecular weight is 447 g/mol. The minimum atomic E-state index is -0.865. The van der Waals surface area contributed by atoms with Crippen LogP contribution in [-0.4, -0.2) is 38.8 Å². The highest BCUT2D eigenvalue weighted by atomic mass is 35.5. The topological polar surface area (TPSA) is 110 Å². The summed E-state index contributed by atoms with van der Waals surface area (Å²) in [5.41, 5.74) is 2.05. The molecule has 3 aromatic rings. The molecule has 31 heavy (non-hydrogen) atoms. The number of carboxylic acids is 1. The Kier molecular flexibility index (Phi) is 5.77. The molecule has 3 heterocycles. The molecule has 0 fully saturated rings. The number of ether oxygens (including phenoxy) is 1. The Balaban J connectivity index is 1.64. The van der Waals surface area contributed by atoms with Crippen LogP contribution in [0.1, 0.15) is 38.2 Å². The van der Waals surface area contributed by atoms with Gasteiger partial charge in [0.1, 0.15) is 10.8 Å². The first-order chi connectivity index (χ1) is 14.8. The van der Waals surface area contributed by atoms with E-state index >= 15 is 0 Å². The van der Waals surface area contributed by atoms with E-state index in [0.29, 0.717) is 35.1 Å². The van der Waals surface area contributed by atoms with Gasteiger partial charge in [-0.1, -0.05) is 22.8 Å². The lowest BCUT2D eigenvalue weighted by Crippen LogP contribution is -2.07. The summed E-state index contributed by atoms with van der Waals surface area (Å²) in [5.74, 6) is -0.894. The van der Waals surface area contributed by atoms with Gasteiger partial charge in [0.15, 0.2) is 0 Å². The Labute approximate surface area is 182 Å². The fourth-order valence-electron chi connectivity index (χ4n) is 3.53. The molecule has 1 unspecified atom stereocenters. The standard InChI is InChI=1S/C21H20ClFN4O4/c1-10(2)30-21-14(22)7-12(9-25-21)20-26-19(27-31-20)17-15(23)5-4-13-11(3-6-16(28)29)8-24-18(13)17/h4-5,7,9-11,24H,3,6,8H2,1-2H3,(H,28,29). The van der Waals surface area contributed by atoms with Crippen molar-refractivity contribution in [3.8, 4) is 28.7 Å². The zero-order chi connectivity index (χ0) is 22.1. The molecule has 162 valence electrons. The van der Waals surface area contributed by atoms with E-state index in [1.54, 1.807) is 12.1 Å². The molecule has 1 atom stereocenters. The molecule has 4 rings (SSSR count). The highest BCUT2D eigenvalue weighted by molar-refractivity contribution is 6.32. The summed E-state index contributed by atoms with van der Waals surface area (Å²) in [6.07, 6.45) is 1.90. The van der Waals surface area contributed by atoms with Crippen LogP contribution in [0.4, 0.5) is 10.1 Å². The molecule has 2 aromatic heterocycles. The molecule has 0 radical (unpaired) electrons. The molecule has 0 spiro atoms. The third-order valence-corrected chi connectivity index (χ3v) is 5.18. The normalized spacial score (nSPS) is 15.1. The molecule has 0 saturated carbocycles. The van der Waals surface area contributed by atoms with E-state index in [1.807, 2.05) is 13.8 Å². The Hall–Kier alpha value is -3.20. The van der Waals surface area contributed by atoms with E-state index in [0.717, 1.165) is 5.56 Å². The van der Waals surface area contributed by atoms with Crippen LogP contribution in [0.25, 0.3) is 22.8 Å². The van der Waals surface area contributed by atoms with Crippen molar-refractivity contribution in [1.82, 2.24) is 15.1 Å². The van der Waals surface area contributed by atoms with Gasteiger partial charge >= 0.3 is 5.97 Å². The summed E-state index contributed by atoms with van der Waals surface area (Å²) in [7, 11) is 0. The van der Waals surface area contributed by atoms with Crippen LogP contribution in [0.2, 0.25) is 5.02 Å². The molecule has 0 saturated heterocycles. The molecule has 0 bridgehead atoms. The highest BCUT2D eigenvalue weighted by Gasteiger charge is 2.29. The quantitative estimate of drug-likeness (QED) is 0.534. The van der Waals surface area contributed by atoms with Crippen molar-refractivity contribution in [3.63, 3.8) is 0 Å². The number of nitrogens with zero attached hydrogens (tertiary/aromatic N) is 3. The molecule has 0 amide bonds. The minimum Gasteiger partial charge on any atom is -0.481 e. The lowest BCUT2D eigenvalue weighted by atomic mass is 9.94. The Morgan fingerprint density at radius 3 is 2.97 bits per heavy atom. The molecule has 10 heteroatoms. The van der Waals surface area contributed by atoms with E-state index in [-0.39, 0.29) is 35.7 Å². The molecule has 8 nitrogen and oxygen atoms in total. The second-order valence-electron chi connectivity index (χ2n) is 7.50. The number of aromatic nitrogens is 3. The SMILES string of the molecule is CC(C)Oc1ncc(-c2nc(-c3c(F)ccc4c3NCC4CCC(=O)O)no2)cc1Cl. The van der Waals surface area contributed by atoms with Gasteiger partial charge in [0, 0.05) is 25.1 Å². The van der Waals surface area contributed by atoms with E-state index in [4.69, 9.17) is 26.0 Å². The van der Waals surface area contributed by atoms with Crippen LogP contribution < -0.4 is 10.1 Å². The van der Waals surface area contributed by atoms with Crippen LogP contribution >= 0.6 is 11.6 Å². The maximum Gasteiger partial charge on any atom is 0.303 e. The third kappa shape index (κ3) is 4.32. The minimum absolute atomic E-state index is 0.0340. The van der Waals surface area contributed by atoms with Crippen LogP contribution in [-0.2, 0) is 4.79 Å². The van der Waals surface area contributed by atoms with Gasteiger partial charge in [0.2, 0.25) is 11.7 Å². The van der Waals surface area contributed by atoms with Crippen LogP contribution in [0, 0.1) is 5.82 Å². The second-order valence-corrected chi connectivity index (χ2v) is 7.90. The lowest BCUT2D eigenvalue weighted by molar-refractivity contribution is -0.137. The van der Waals surface area contributed by atoms with Crippen LogP contribution in [0.3, 0.4) is 0 Å². The summed E-state index contributed by atoms with van der Waals surface area (Å²) in [6.45, 7) is 4.24. The summed E-state index contributed by atoms with van der Waals surface area (Å²) in [5, 5.41) is 16.3. The first kappa shape index (κ1) is 21.0. The Bertz CT molecular complexity index is 1130. The average Bonchev–Trinajstić information content (AvgIpc) is 3.35. The molecule has 1 aliphatic rings. The summed E-state index contributed by atoms with van der Waals surface area (Å²) >= 11 is 6.23. The smallest absolute Gasteiger partial charge is 0.303 e. The first-order valence-electron chi connectivity index (χ1n) is 9.78. The third-order valence-electron chi connectivity index (χ3n) is 4.91. The zero-order valence-electron chi connectivity index (χ0n) is 16.9. The number of aliphatic carboxylic acids is 1. The maximum absolute atomic E-state index is 14.7. The molecular formula is C21H20ClFN4O4. The number of anilines is 1. The highest BCUT2D eigenvalue weighted by Crippen LogP contribution is 2.42. The molecule has 0 aliphatic carbocycles. The van der Waals surface area contributed by atoms with E-state index in [9.17, 15) is 9.18 Å².